The van der Waals surface area contributed by atoms with Gasteiger partial charge in [0.1, 0.15) is 6.61 Å². The maximum atomic E-state index is 10.4. The van der Waals surface area contributed by atoms with Crippen molar-refractivity contribution in [3.63, 3.8) is 0 Å². The zero-order valence-electron chi connectivity index (χ0n) is 10.7. The van der Waals surface area contributed by atoms with Crippen molar-refractivity contribution in [3.05, 3.63) is 15.9 Å². The number of halogens is 1. The minimum absolute atomic E-state index is 0.272. The molecule has 0 spiro atoms. The molecule has 1 rings (SSSR count). The average molecular weight is 319 g/mol. The molecule has 0 radical (unpaired) electrons. The highest BCUT2D eigenvalue weighted by Gasteiger charge is 2.12. The van der Waals surface area contributed by atoms with Crippen molar-refractivity contribution in [2.24, 2.45) is 5.73 Å². The minimum atomic E-state index is -0.746. The van der Waals surface area contributed by atoms with Crippen LogP contribution in [0.1, 0.15) is 25.2 Å². The third kappa shape index (κ3) is 3.99. The fraction of sp³-hybridized carbons (Fsp3) is 0.636. The van der Waals surface area contributed by atoms with Crippen molar-refractivity contribution in [3.8, 4) is 0 Å². The van der Waals surface area contributed by atoms with Crippen molar-refractivity contribution < 1.29 is 9.53 Å². The number of ether oxygens (including phenoxy) is 1. The number of amides is 1. The third-order valence-corrected chi connectivity index (χ3v) is 3.43. The van der Waals surface area contributed by atoms with Crippen LogP contribution in [0.25, 0.3) is 0 Å². The average Bonchev–Trinajstić information content (AvgIpc) is 2.65. The van der Waals surface area contributed by atoms with Gasteiger partial charge in [0.15, 0.2) is 0 Å². The number of aromatic nitrogens is 2. The largest absolute Gasteiger partial charge is 0.448 e. The van der Waals surface area contributed by atoms with Crippen LogP contribution in [-0.4, -0.2) is 29.0 Å². The molecule has 102 valence electrons. The van der Waals surface area contributed by atoms with E-state index >= 15 is 0 Å². The van der Waals surface area contributed by atoms with E-state index in [0.717, 1.165) is 28.8 Å². The summed E-state index contributed by atoms with van der Waals surface area (Å²) >= 11 is 3.57. The number of nitrogens with two attached hydrogens (primary N) is 1. The van der Waals surface area contributed by atoms with Crippen LogP contribution in [0.3, 0.4) is 0 Å². The highest BCUT2D eigenvalue weighted by Crippen LogP contribution is 2.22. The van der Waals surface area contributed by atoms with E-state index < -0.39 is 6.09 Å². The van der Waals surface area contributed by atoms with Crippen LogP contribution in [0.4, 0.5) is 4.79 Å². The lowest BCUT2D eigenvalue weighted by molar-refractivity contribution is 0.157. The van der Waals surface area contributed by atoms with Gasteiger partial charge in [0.2, 0.25) is 0 Å². The molecule has 0 unspecified atom stereocenters. The summed E-state index contributed by atoms with van der Waals surface area (Å²) in [5.74, 6) is 0. The number of primary amides is 1. The molecule has 0 saturated heterocycles. The fourth-order valence-corrected chi connectivity index (χ4v) is 2.32. The Hall–Kier alpha value is -1.08. The molecule has 1 heterocycles. The molecule has 1 aromatic heterocycles. The maximum absolute atomic E-state index is 10.4. The molecular weight excluding hydrogens is 300 g/mol. The van der Waals surface area contributed by atoms with Gasteiger partial charge in [-0.25, -0.2) is 4.79 Å². The van der Waals surface area contributed by atoms with E-state index in [0.29, 0.717) is 13.1 Å². The Kier molecular flexibility index (Phi) is 6.14. The molecule has 0 bridgehead atoms. The van der Waals surface area contributed by atoms with E-state index in [1.165, 1.54) is 0 Å². The Morgan fingerprint density at radius 1 is 1.56 bits per heavy atom. The lowest BCUT2D eigenvalue weighted by Crippen LogP contribution is -2.24. The molecule has 7 heteroatoms. The molecule has 18 heavy (non-hydrogen) atoms. The Labute approximate surface area is 115 Å². The Morgan fingerprint density at radius 3 is 2.83 bits per heavy atom. The number of nitrogens with one attached hydrogen (secondary N) is 1. The van der Waals surface area contributed by atoms with Crippen molar-refractivity contribution >= 4 is 22.0 Å². The lowest BCUT2D eigenvalue weighted by Gasteiger charge is -2.07. The van der Waals surface area contributed by atoms with Gasteiger partial charge in [-0.15, -0.1) is 0 Å². The summed E-state index contributed by atoms with van der Waals surface area (Å²) in [4.78, 5) is 10.4. The van der Waals surface area contributed by atoms with E-state index in [2.05, 4.69) is 44.9 Å². The number of hydrogen-bond acceptors (Lipinski definition) is 4. The number of carbonyl (C=O) groups is 1. The molecule has 0 aromatic carbocycles. The first-order valence-corrected chi connectivity index (χ1v) is 6.76. The molecule has 6 nitrogen and oxygen atoms in total. The normalized spacial score (nSPS) is 10.6. The maximum Gasteiger partial charge on any atom is 0.404 e. The first-order chi connectivity index (χ1) is 8.60. The van der Waals surface area contributed by atoms with Gasteiger partial charge in [0.25, 0.3) is 0 Å². The van der Waals surface area contributed by atoms with Gasteiger partial charge in [-0.3, -0.25) is 4.68 Å². The Bertz CT molecular complexity index is 406. The second kappa shape index (κ2) is 7.38. The van der Waals surface area contributed by atoms with Crippen molar-refractivity contribution in [2.75, 3.05) is 13.2 Å². The molecule has 0 aliphatic heterocycles. The monoisotopic (exact) mass is 318 g/mol. The van der Waals surface area contributed by atoms with Gasteiger partial charge < -0.3 is 15.8 Å². The summed E-state index contributed by atoms with van der Waals surface area (Å²) in [7, 11) is 0. The van der Waals surface area contributed by atoms with Crippen LogP contribution in [0.5, 0.6) is 0 Å². The number of rotatable bonds is 7. The second-order valence-corrected chi connectivity index (χ2v) is 4.51. The number of nitrogens with zero attached hydrogens (tertiary/aromatic N) is 2. The second-order valence-electron chi connectivity index (χ2n) is 3.72. The topological polar surface area (TPSA) is 82.2 Å². The van der Waals surface area contributed by atoms with E-state index in [1.807, 2.05) is 4.68 Å². The molecule has 0 aliphatic rings. The molecule has 1 amide bonds. The van der Waals surface area contributed by atoms with Crippen molar-refractivity contribution in [2.45, 2.75) is 33.4 Å². The first kappa shape index (κ1) is 15.0. The van der Waals surface area contributed by atoms with E-state index in [-0.39, 0.29) is 6.61 Å². The van der Waals surface area contributed by atoms with Crippen LogP contribution in [0.15, 0.2) is 4.47 Å². The highest BCUT2D eigenvalue weighted by molar-refractivity contribution is 9.10. The summed E-state index contributed by atoms with van der Waals surface area (Å²) in [5, 5.41) is 7.68. The predicted molar refractivity (Wildman–Crippen MR) is 72.2 cm³/mol. The molecule has 0 aliphatic carbocycles. The standard InChI is InChI=1S/C11H19BrN4O2/c1-3-8-10(12)9(16(4-2)15-8)7-14-5-6-18-11(13)17/h14H,3-7H2,1-2H3,(H2,13,17). The molecule has 0 fully saturated rings. The van der Waals surface area contributed by atoms with Crippen LogP contribution < -0.4 is 11.1 Å². The highest BCUT2D eigenvalue weighted by atomic mass is 79.9. The number of aryl methyl sites for hydroxylation is 2. The van der Waals surface area contributed by atoms with Crippen molar-refractivity contribution in [1.82, 2.24) is 15.1 Å². The quantitative estimate of drug-likeness (QED) is 0.745. The summed E-state index contributed by atoms with van der Waals surface area (Å²) in [6, 6.07) is 0. The van der Waals surface area contributed by atoms with E-state index in [1.54, 1.807) is 0 Å². The van der Waals surface area contributed by atoms with E-state index in [9.17, 15) is 4.79 Å². The Morgan fingerprint density at radius 2 is 2.28 bits per heavy atom. The summed E-state index contributed by atoms with van der Waals surface area (Å²) in [5.41, 5.74) is 7.03. The lowest BCUT2D eigenvalue weighted by atomic mass is 10.3. The number of hydrogen-bond donors (Lipinski definition) is 2. The van der Waals surface area contributed by atoms with Gasteiger partial charge in [-0.05, 0) is 29.3 Å². The van der Waals surface area contributed by atoms with Gasteiger partial charge in [-0.2, -0.15) is 5.10 Å². The van der Waals surface area contributed by atoms with Gasteiger partial charge in [0, 0.05) is 19.6 Å². The molecule has 3 N–H and O–H groups in total. The predicted octanol–water partition coefficient (Wildman–Crippen LogP) is 1.41. The Balaban J connectivity index is 2.50. The SMILES string of the molecule is CCc1nn(CC)c(CNCCOC(N)=O)c1Br. The molecule has 1 aromatic rings. The molecule has 0 saturated carbocycles. The third-order valence-electron chi connectivity index (χ3n) is 2.51. The summed E-state index contributed by atoms with van der Waals surface area (Å²) in [6.45, 7) is 6.46. The van der Waals surface area contributed by atoms with Crippen LogP contribution in [0, 0.1) is 0 Å². The first-order valence-electron chi connectivity index (χ1n) is 5.97. The fourth-order valence-electron chi connectivity index (χ4n) is 1.62. The smallest absolute Gasteiger partial charge is 0.404 e. The summed E-state index contributed by atoms with van der Waals surface area (Å²) in [6.07, 6.45) is 0.149. The summed E-state index contributed by atoms with van der Waals surface area (Å²) < 4.78 is 7.65. The molecular formula is C11H19BrN4O2. The van der Waals surface area contributed by atoms with Crippen molar-refractivity contribution in [1.29, 1.82) is 0 Å². The van der Waals surface area contributed by atoms with Crippen LogP contribution in [0.2, 0.25) is 0 Å². The van der Waals surface area contributed by atoms with Crippen LogP contribution in [-0.2, 0) is 24.2 Å². The van der Waals surface area contributed by atoms with E-state index in [4.69, 9.17) is 5.73 Å². The van der Waals surface area contributed by atoms with Gasteiger partial charge >= 0.3 is 6.09 Å². The zero-order chi connectivity index (χ0) is 13.5. The van der Waals surface area contributed by atoms with Gasteiger partial charge in [-0.1, -0.05) is 6.92 Å². The zero-order valence-corrected chi connectivity index (χ0v) is 12.3. The van der Waals surface area contributed by atoms with Crippen LogP contribution >= 0.6 is 15.9 Å². The molecule has 0 atom stereocenters. The van der Waals surface area contributed by atoms with Gasteiger partial charge in [0.05, 0.1) is 15.9 Å². The number of carbonyl (C=O) groups excluding carboxylic acids is 1. The minimum Gasteiger partial charge on any atom is -0.448 e.